The number of carbonyl (C=O) groups excluding carboxylic acids is 2. The van der Waals surface area contributed by atoms with Gasteiger partial charge in [-0.25, -0.2) is 4.79 Å². The number of likely N-dealkylation sites (N-methyl/N-ethyl adjacent to an activating group) is 1. The minimum atomic E-state index is -0.115. The van der Waals surface area contributed by atoms with Crippen molar-refractivity contribution in [1.29, 1.82) is 0 Å². The van der Waals surface area contributed by atoms with Crippen LogP contribution in [0, 0.1) is 0 Å². The number of methoxy groups -OCH3 is 1. The Morgan fingerprint density at radius 1 is 1.22 bits per heavy atom. The van der Waals surface area contributed by atoms with Crippen LogP contribution in [0.3, 0.4) is 0 Å². The SMILES string of the molecule is CCN1CCC[C@@H](NC(=O)N2CCN(Cc3ccc(OC)cc3)C(=O)C2)C1. The summed E-state index contributed by atoms with van der Waals surface area (Å²) >= 11 is 0. The van der Waals surface area contributed by atoms with E-state index in [2.05, 4.69) is 17.1 Å². The summed E-state index contributed by atoms with van der Waals surface area (Å²) in [6.45, 7) is 6.99. The van der Waals surface area contributed by atoms with E-state index in [1.54, 1.807) is 12.0 Å². The molecule has 0 aromatic heterocycles. The van der Waals surface area contributed by atoms with Crippen molar-refractivity contribution in [3.05, 3.63) is 29.8 Å². The molecule has 148 valence electrons. The summed E-state index contributed by atoms with van der Waals surface area (Å²) in [5.74, 6) is 0.793. The van der Waals surface area contributed by atoms with Crippen molar-refractivity contribution in [3.63, 3.8) is 0 Å². The summed E-state index contributed by atoms with van der Waals surface area (Å²) in [6.07, 6.45) is 2.11. The van der Waals surface area contributed by atoms with Crippen LogP contribution < -0.4 is 10.1 Å². The monoisotopic (exact) mass is 374 g/mol. The number of piperidine rings is 1. The molecule has 1 aromatic carbocycles. The summed E-state index contributed by atoms with van der Waals surface area (Å²) in [7, 11) is 1.63. The van der Waals surface area contributed by atoms with Crippen molar-refractivity contribution in [2.24, 2.45) is 0 Å². The Balaban J connectivity index is 1.48. The van der Waals surface area contributed by atoms with Crippen molar-refractivity contribution in [2.45, 2.75) is 32.4 Å². The van der Waals surface area contributed by atoms with Gasteiger partial charge in [0.1, 0.15) is 12.3 Å². The van der Waals surface area contributed by atoms with E-state index in [9.17, 15) is 9.59 Å². The predicted molar refractivity (Wildman–Crippen MR) is 104 cm³/mol. The number of nitrogens with one attached hydrogen (secondary N) is 1. The van der Waals surface area contributed by atoms with Crippen LogP contribution in [0.2, 0.25) is 0 Å². The lowest BCUT2D eigenvalue weighted by atomic mass is 10.1. The van der Waals surface area contributed by atoms with Crippen LogP contribution in [-0.2, 0) is 11.3 Å². The molecule has 3 amide bonds. The number of hydrogen-bond acceptors (Lipinski definition) is 4. The fraction of sp³-hybridized carbons (Fsp3) is 0.600. The molecule has 0 aliphatic carbocycles. The molecule has 0 radical (unpaired) electrons. The molecule has 1 N–H and O–H groups in total. The molecule has 2 heterocycles. The molecule has 1 aromatic rings. The molecule has 1 atom stereocenters. The van der Waals surface area contributed by atoms with Crippen LogP contribution in [0.25, 0.3) is 0 Å². The first-order valence-corrected chi connectivity index (χ1v) is 9.77. The third kappa shape index (κ3) is 5.13. The zero-order valence-corrected chi connectivity index (χ0v) is 16.3. The van der Waals surface area contributed by atoms with Gasteiger partial charge in [-0.2, -0.15) is 0 Å². The second-order valence-corrected chi connectivity index (χ2v) is 7.27. The van der Waals surface area contributed by atoms with Gasteiger partial charge in [-0.15, -0.1) is 0 Å². The van der Waals surface area contributed by atoms with Gasteiger partial charge in [0.25, 0.3) is 0 Å². The maximum absolute atomic E-state index is 12.6. The lowest BCUT2D eigenvalue weighted by Crippen LogP contribution is -2.57. The van der Waals surface area contributed by atoms with E-state index in [4.69, 9.17) is 4.74 Å². The van der Waals surface area contributed by atoms with Crippen molar-refractivity contribution in [1.82, 2.24) is 20.0 Å². The highest BCUT2D eigenvalue weighted by Crippen LogP contribution is 2.15. The molecule has 2 aliphatic heterocycles. The Morgan fingerprint density at radius 2 is 2.00 bits per heavy atom. The fourth-order valence-corrected chi connectivity index (χ4v) is 3.73. The van der Waals surface area contributed by atoms with Crippen LogP contribution >= 0.6 is 0 Å². The first-order valence-electron chi connectivity index (χ1n) is 9.77. The molecule has 0 bridgehead atoms. The summed E-state index contributed by atoms with van der Waals surface area (Å²) in [4.78, 5) is 30.9. The second kappa shape index (κ2) is 9.08. The fourth-order valence-electron chi connectivity index (χ4n) is 3.73. The first kappa shape index (κ1) is 19.5. The van der Waals surface area contributed by atoms with Gasteiger partial charge in [-0.1, -0.05) is 19.1 Å². The normalized spacial score (nSPS) is 21.3. The van der Waals surface area contributed by atoms with Crippen LogP contribution in [0.15, 0.2) is 24.3 Å². The molecular formula is C20H30N4O3. The van der Waals surface area contributed by atoms with Gasteiger partial charge in [-0.3, -0.25) is 4.79 Å². The molecule has 2 saturated heterocycles. The minimum Gasteiger partial charge on any atom is -0.497 e. The van der Waals surface area contributed by atoms with Gasteiger partial charge in [0.15, 0.2) is 0 Å². The zero-order chi connectivity index (χ0) is 19.2. The maximum Gasteiger partial charge on any atom is 0.318 e. The maximum atomic E-state index is 12.6. The highest BCUT2D eigenvalue weighted by Gasteiger charge is 2.29. The number of nitrogens with zero attached hydrogens (tertiary/aromatic N) is 3. The van der Waals surface area contributed by atoms with Crippen molar-refractivity contribution < 1.29 is 14.3 Å². The van der Waals surface area contributed by atoms with Gasteiger partial charge in [0.05, 0.1) is 7.11 Å². The average Bonchev–Trinajstić information content (AvgIpc) is 2.70. The predicted octanol–water partition coefficient (Wildman–Crippen LogP) is 1.53. The summed E-state index contributed by atoms with van der Waals surface area (Å²) < 4.78 is 5.16. The number of rotatable bonds is 5. The Hall–Kier alpha value is -2.28. The number of piperazine rings is 1. The lowest BCUT2D eigenvalue weighted by Gasteiger charge is -2.37. The van der Waals surface area contributed by atoms with Crippen LogP contribution in [0.1, 0.15) is 25.3 Å². The van der Waals surface area contributed by atoms with E-state index in [-0.39, 0.29) is 24.5 Å². The minimum absolute atomic E-state index is 0.00829. The largest absolute Gasteiger partial charge is 0.497 e. The molecule has 3 rings (SSSR count). The molecule has 0 unspecified atom stereocenters. The van der Waals surface area contributed by atoms with Gasteiger partial charge in [-0.05, 0) is 43.6 Å². The van der Waals surface area contributed by atoms with Crippen molar-refractivity contribution in [3.8, 4) is 5.75 Å². The topological polar surface area (TPSA) is 65.1 Å². The average molecular weight is 374 g/mol. The molecule has 0 saturated carbocycles. The number of ether oxygens (including phenoxy) is 1. The van der Waals surface area contributed by atoms with Gasteiger partial charge in [0, 0.05) is 32.2 Å². The number of likely N-dealkylation sites (tertiary alicyclic amines) is 1. The molecular weight excluding hydrogens is 344 g/mol. The van der Waals surface area contributed by atoms with Gasteiger partial charge in [0.2, 0.25) is 5.91 Å². The second-order valence-electron chi connectivity index (χ2n) is 7.27. The summed E-state index contributed by atoms with van der Waals surface area (Å²) in [6, 6.07) is 7.79. The van der Waals surface area contributed by atoms with Crippen LogP contribution in [0.5, 0.6) is 5.75 Å². The number of amides is 3. The molecule has 27 heavy (non-hydrogen) atoms. The highest BCUT2D eigenvalue weighted by molar-refractivity contribution is 5.85. The quantitative estimate of drug-likeness (QED) is 0.849. The molecule has 2 aliphatic rings. The molecule has 7 nitrogen and oxygen atoms in total. The number of hydrogen-bond donors (Lipinski definition) is 1. The number of carbonyl (C=O) groups is 2. The molecule has 0 spiro atoms. The Bertz CT molecular complexity index is 649. The smallest absolute Gasteiger partial charge is 0.318 e. The van der Waals surface area contributed by atoms with Crippen molar-refractivity contribution >= 4 is 11.9 Å². The van der Waals surface area contributed by atoms with E-state index < -0.39 is 0 Å². The molecule has 7 heteroatoms. The van der Waals surface area contributed by atoms with Gasteiger partial charge < -0.3 is 24.8 Å². The molecule has 2 fully saturated rings. The van der Waals surface area contributed by atoms with E-state index in [0.29, 0.717) is 19.6 Å². The number of benzene rings is 1. The standard InChI is InChI=1S/C20H30N4O3/c1-3-22-10-4-5-17(14-22)21-20(26)24-12-11-23(19(25)15-24)13-16-6-8-18(27-2)9-7-16/h6-9,17H,3-5,10-15H2,1-2H3,(H,21,26)/t17-/m1/s1. The van der Waals surface area contributed by atoms with Crippen molar-refractivity contribution in [2.75, 3.05) is 46.4 Å². The third-order valence-electron chi connectivity index (χ3n) is 5.42. The summed E-state index contributed by atoms with van der Waals surface area (Å²) in [5, 5.41) is 3.11. The lowest BCUT2D eigenvalue weighted by molar-refractivity contribution is -0.135. The van der Waals surface area contributed by atoms with Gasteiger partial charge >= 0.3 is 6.03 Å². The van der Waals surface area contributed by atoms with E-state index in [0.717, 1.165) is 43.8 Å². The number of urea groups is 1. The van der Waals surface area contributed by atoms with Crippen LogP contribution in [0.4, 0.5) is 4.79 Å². The Kier molecular flexibility index (Phi) is 6.55. The Morgan fingerprint density at radius 3 is 2.67 bits per heavy atom. The van der Waals surface area contributed by atoms with E-state index in [1.807, 2.05) is 29.2 Å². The first-order chi connectivity index (χ1) is 13.1. The Labute approximate surface area is 161 Å². The van der Waals surface area contributed by atoms with Crippen LogP contribution in [-0.4, -0.2) is 79.1 Å². The highest BCUT2D eigenvalue weighted by atomic mass is 16.5. The van der Waals surface area contributed by atoms with E-state index >= 15 is 0 Å². The zero-order valence-electron chi connectivity index (χ0n) is 16.3. The summed E-state index contributed by atoms with van der Waals surface area (Å²) in [5.41, 5.74) is 1.06. The third-order valence-corrected chi connectivity index (χ3v) is 5.42. The van der Waals surface area contributed by atoms with E-state index in [1.165, 1.54) is 0 Å².